The zero-order valence-corrected chi connectivity index (χ0v) is 17.6. The Kier molecular flexibility index (Phi) is 4.21. The second-order valence-electron chi connectivity index (χ2n) is 8.45. The van der Waals surface area contributed by atoms with Crippen molar-refractivity contribution in [2.75, 3.05) is 0 Å². The highest BCUT2D eigenvalue weighted by Gasteiger charge is 2.18. The van der Waals surface area contributed by atoms with Crippen LogP contribution < -0.4 is 0 Å². The first-order valence-corrected chi connectivity index (χ1v) is 10.7. The highest BCUT2D eigenvalue weighted by Crippen LogP contribution is 2.35. The molecule has 0 amide bonds. The van der Waals surface area contributed by atoms with Gasteiger partial charge >= 0.3 is 0 Å². The van der Waals surface area contributed by atoms with Crippen LogP contribution in [-0.2, 0) is 5.41 Å². The van der Waals surface area contributed by atoms with Gasteiger partial charge in [-0.3, -0.25) is 9.97 Å². The molecule has 2 nitrogen and oxygen atoms in total. The van der Waals surface area contributed by atoms with E-state index in [0.717, 1.165) is 22.5 Å². The van der Waals surface area contributed by atoms with Crippen LogP contribution in [0.25, 0.3) is 43.4 Å². The van der Waals surface area contributed by atoms with Crippen LogP contribution in [0.15, 0.2) is 78.4 Å². The van der Waals surface area contributed by atoms with Gasteiger partial charge in [-0.15, -0.1) is 11.3 Å². The number of rotatable bonds is 2. The Morgan fingerprint density at radius 1 is 0.759 bits per heavy atom. The van der Waals surface area contributed by atoms with Crippen molar-refractivity contribution in [3.8, 4) is 22.5 Å². The Hall–Kier alpha value is -3.04. The highest BCUT2D eigenvalue weighted by atomic mass is 32.1. The summed E-state index contributed by atoms with van der Waals surface area (Å²) in [7, 11) is 0. The summed E-state index contributed by atoms with van der Waals surface area (Å²) in [6.45, 7) is 6.80. The van der Waals surface area contributed by atoms with Gasteiger partial charge in [-0.25, -0.2) is 0 Å². The van der Waals surface area contributed by atoms with Crippen LogP contribution in [0.1, 0.15) is 26.3 Å². The maximum absolute atomic E-state index is 4.69. The first kappa shape index (κ1) is 18.0. The van der Waals surface area contributed by atoms with Crippen LogP contribution in [0.2, 0.25) is 0 Å². The lowest BCUT2D eigenvalue weighted by Gasteiger charge is -2.22. The van der Waals surface area contributed by atoms with Crippen molar-refractivity contribution < 1.29 is 0 Å². The third-order valence-corrected chi connectivity index (χ3v) is 6.24. The molecule has 3 aromatic heterocycles. The molecule has 0 saturated heterocycles. The molecule has 0 bridgehead atoms. The number of thiophene rings is 1. The second-order valence-corrected chi connectivity index (χ2v) is 9.40. The lowest BCUT2D eigenvalue weighted by molar-refractivity contribution is 0.596. The monoisotopic (exact) mass is 394 g/mol. The third kappa shape index (κ3) is 3.32. The highest BCUT2D eigenvalue weighted by molar-refractivity contribution is 7.17. The summed E-state index contributed by atoms with van der Waals surface area (Å²) in [5.74, 6) is 0. The van der Waals surface area contributed by atoms with E-state index in [0.29, 0.717) is 0 Å². The molecular formula is C26H22N2S. The lowest BCUT2D eigenvalue weighted by Crippen LogP contribution is -2.12. The molecule has 142 valence electrons. The minimum atomic E-state index is 0.0546. The zero-order chi connectivity index (χ0) is 20.0. The van der Waals surface area contributed by atoms with E-state index in [-0.39, 0.29) is 5.41 Å². The summed E-state index contributed by atoms with van der Waals surface area (Å²) < 4.78 is 1.26. The van der Waals surface area contributed by atoms with Gasteiger partial charge in [0.2, 0.25) is 0 Å². The number of pyridine rings is 2. The van der Waals surface area contributed by atoms with E-state index < -0.39 is 0 Å². The molecule has 2 aromatic carbocycles. The molecule has 0 saturated carbocycles. The molecule has 5 aromatic rings. The fourth-order valence-corrected chi connectivity index (χ4v) is 4.64. The summed E-state index contributed by atoms with van der Waals surface area (Å²) in [6.07, 6.45) is 3.84. The average Bonchev–Trinajstić information content (AvgIpc) is 3.20. The number of hydrogen-bond acceptors (Lipinski definition) is 3. The molecule has 0 atom stereocenters. The average molecular weight is 395 g/mol. The van der Waals surface area contributed by atoms with Gasteiger partial charge in [-0.1, -0.05) is 45.0 Å². The number of aromatic nitrogens is 2. The van der Waals surface area contributed by atoms with Gasteiger partial charge in [-0.2, -0.15) is 0 Å². The quantitative estimate of drug-likeness (QED) is 0.310. The molecule has 0 aliphatic heterocycles. The van der Waals surface area contributed by atoms with Gasteiger partial charge in [-0.05, 0) is 63.5 Å². The van der Waals surface area contributed by atoms with Crippen molar-refractivity contribution in [3.05, 3.63) is 84.0 Å². The van der Waals surface area contributed by atoms with Crippen molar-refractivity contribution in [1.29, 1.82) is 0 Å². The van der Waals surface area contributed by atoms with Crippen molar-refractivity contribution in [1.82, 2.24) is 9.97 Å². The molecule has 0 fully saturated rings. The van der Waals surface area contributed by atoms with Gasteiger partial charge in [0.05, 0.1) is 11.4 Å². The predicted molar refractivity (Wildman–Crippen MR) is 124 cm³/mol. The molecular weight excluding hydrogens is 372 g/mol. The van der Waals surface area contributed by atoms with E-state index in [4.69, 9.17) is 4.98 Å². The van der Waals surface area contributed by atoms with E-state index in [9.17, 15) is 0 Å². The standard InChI is InChI=1S/C26H22N2S/c1-26(2,3)22-13-20(12-17-6-4-5-7-21(17)22)23-14-18(8-10-27-23)24-15-25-19(16-28-24)9-11-29-25/h4-16H,1-3H3. The third-order valence-electron chi connectivity index (χ3n) is 5.36. The van der Waals surface area contributed by atoms with Gasteiger partial charge in [0.1, 0.15) is 0 Å². The van der Waals surface area contributed by atoms with Crippen LogP contribution in [0, 0.1) is 0 Å². The van der Waals surface area contributed by atoms with Gasteiger partial charge in [0.15, 0.2) is 0 Å². The molecule has 0 N–H and O–H groups in total. The largest absolute Gasteiger partial charge is 0.256 e. The Bertz CT molecular complexity index is 1340. The number of nitrogens with zero attached hydrogens (tertiary/aromatic N) is 2. The van der Waals surface area contributed by atoms with E-state index >= 15 is 0 Å². The van der Waals surface area contributed by atoms with Crippen molar-refractivity contribution >= 4 is 32.2 Å². The first-order valence-electron chi connectivity index (χ1n) is 9.82. The van der Waals surface area contributed by atoms with E-state index in [1.807, 2.05) is 18.5 Å². The van der Waals surface area contributed by atoms with Gasteiger partial charge in [0, 0.05) is 33.6 Å². The van der Waals surface area contributed by atoms with Crippen LogP contribution in [0.4, 0.5) is 0 Å². The van der Waals surface area contributed by atoms with Crippen molar-refractivity contribution in [2.24, 2.45) is 0 Å². The molecule has 0 radical (unpaired) electrons. The lowest BCUT2D eigenvalue weighted by atomic mass is 9.82. The van der Waals surface area contributed by atoms with Crippen LogP contribution in [0.3, 0.4) is 0 Å². The second kappa shape index (κ2) is 6.78. The number of hydrogen-bond donors (Lipinski definition) is 0. The van der Waals surface area contributed by atoms with E-state index in [2.05, 4.69) is 85.7 Å². The van der Waals surface area contributed by atoms with E-state index in [1.165, 1.54) is 26.4 Å². The van der Waals surface area contributed by atoms with Crippen LogP contribution in [0.5, 0.6) is 0 Å². The fourth-order valence-electron chi connectivity index (χ4n) is 3.84. The Morgan fingerprint density at radius 3 is 2.45 bits per heavy atom. The SMILES string of the molecule is CC(C)(C)c1cc(-c2cc(-c3cc4sccc4cn3)ccn2)cc2ccccc12. The summed E-state index contributed by atoms with van der Waals surface area (Å²) >= 11 is 1.75. The van der Waals surface area contributed by atoms with Crippen molar-refractivity contribution in [2.45, 2.75) is 26.2 Å². The normalized spacial score (nSPS) is 12.0. The zero-order valence-electron chi connectivity index (χ0n) is 16.8. The minimum absolute atomic E-state index is 0.0546. The predicted octanol–water partition coefficient (Wildman–Crippen LogP) is 7.48. The summed E-state index contributed by atoms with van der Waals surface area (Å²) in [5, 5.41) is 5.86. The van der Waals surface area contributed by atoms with E-state index in [1.54, 1.807) is 11.3 Å². The van der Waals surface area contributed by atoms with Gasteiger partial charge < -0.3 is 0 Å². The van der Waals surface area contributed by atoms with Crippen molar-refractivity contribution in [3.63, 3.8) is 0 Å². The molecule has 5 rings (SSSR count). The number of fused-ring (bicyclic) bond motifs is 2. The molecule has 29 heavy (non-hydrogen) atoms. The molecule has 0 aliphatic rings. The Morgan fingerprint density at radius 2 is 1.59 bits per heavy atom. The molecule has 3 heteroatoms. The summed E-state index contributed by atoms with van der Waals surface area (Å²) in [4.78, 5) is 9.36. The Balaban J connectivity index is 1.66. The summed E-state index contributed by atoms with van der Waals surface area (Å²) in [6, 6.07) is 21.6. The molecule has 3 heterocycles. The minimum Gasteiger partial charge on any atom is -0.256 e. The molecule has 0 aliphatic carbocycles. The molecule has 0 unspecified atom stereocenters. The van der Waals surface area contributed by atoms with Crippen LogP contribution >= 0.6 is 11.3 Å². The van der Waals surface area contributed by atoms with Gasteiger partial charge in [0.25, 0.3) is 0 Å². The topological polar surface area (TPSA) is 25.8 Å². The first-order chi connectivity index (χ1) is 14.0. The smallest absolute Gasteiger partial charge is 0.0717 e. The maximum atomic E-state index is 4.69. The molecule has 0 spiro atoms. The maximum Gasteiger partial charge on any atom is 0.0717 e. The fraction of sp³-hybridized carbons (Fsp3) is 0.154. The number of benzene rings is 2. The summed E-state index contributed by atoms with van der Waals surface area (Å²) in [5.41, 5.74) is 5.60. The Labute approximate surface area is 174 Å². The van der Waals surface area contributed by atoms with Crippen LogP contribution in [-0.4, -0.2) is 9.97 Å².